The Balaban J connectivity index is 1.46. The van der Waals surface area contributed by atoms with Crippen molar-refractivity contribution in [3.05, 3.63) is 66.3 Å². The van der Waals surface area contributed by atoms with E-state index in [4.69, 9.17) is 0 Å². The van der Waals surface area contributed by atoms with E-state index in [-0.39, 0.29) is 18.1 Å². The molecule has 0 spiro atoms. The van der Waals surface area contributed by atoms with Crippen molar-refractivity contribution >= 4 is 39.0 Å². The Labute approximate surface area is 165 Å². The molecule has 0 aliphatic heterocycles. The van der Waals surface area contributed by atoms with Gasteiger partial charge in [-0.1, -0.05) is 36.4 Å². The second kappa shape index (κ2) is 8.06. The number of phenolic OH excluding ortho intramolecular Hbond substituents is 1. The van der Waals surface area contributed by atoms with Crippen LogP contribution in [0.2, 0.25) is 0 Å². The lowest BCUT2D eigenvalue weighted by molar-refractivity contribution is -0.115. The average Bonchev–Trinajstić information content (AvgIpc) is 3.14. The number of carbonyl (C=O) groups excluding carboxylic acids is 1. The first-order valence-electron chi connectivity index (χ1n) is 8.81. The smallest absolute Gasteiger partial charge is 0.226 e. The third-order valence-corrected chi connectivity index (χ3v) is 5.12. The number of carbonyl (C=O) groups is 1. The Morgan fingerprint density at radius 2 is 1.93 bits per heavy atom. The molecule has 0 bridgehead atoms. The molecule has 0 atom stereocenters. The summed E-state index contributed by atoms with van der Waals surface area (Å²) in [5.74, 6) is 0.692. The van der Waals surface area contributed by atoms with Crippen LogP contribution in [0.1, 0.15) is 6.42 Å². The van der Waals surface area contributed by atoms with E-state index >= 15 is 0 Å². The zero-order valence-electron chi connectivity index (χ0n) is 14.9. The van der Waals surface area contributed by atoms with Crippen LogP contribution in [0.3, 0.4) is 0 Å². The van der Waals surface area contributed by atoms with E-state index in [0.29, 0.717) is 12.2 Å². The normalized spacial score (nSPS) is 10.7. The van der Waals surface area contributed by atoms with Gasteiger partial charge >= 0.3 is 0 Å². The number of phenols is 1. The molecule has 0 saturated carbocycles. The van der Waals surface area contributed by atoms with Crippen LogP contribution in [-0.2, 0) is 4.79 Å². The van der Waals surface area contributed by atoms with Crippen molar-refractivity contribution in [1.82, 2.24) is 9.97 Å². The molecule has 2 aromatic carbocycles. The molecule has 7 heteroatoms. The van der Waals surface area contributed by atoms with Gasteiger partial charge in [-0.3, -0.25) is 4.79 Å². The third-order valence-electron chi connectivity index (χ3n) is 4.23. The Morgan fingerprint density at radius 3 is 2.75 bits per heavy atom. The van der Waals surface area contributed by atoms with E-state index in [1.807, 2.05) is 18.2 Å². The number of anilines is 2. The van der Waals surface area contributed by atoms with Gasteiger partial charge in [0.05, 0.1) is 5.39 Å². The second-order valence-electron chi connectivity index (χ2n) is 6.19. The SMILES string of the molecule is O=C(CCNc1ncnc2scc(-c3ccccc3)c12)Nc1cccc(O)c1. The van der Waals surface area contributed by atoms with E-state index in [2.05, 4.69) is 38.1 Å². The zero-order valence-corrected chi connectivity index (χ0v) is 15.7. The van der Waals surface area contributed by atoms with Crippen LogP contribution < -0.4 is 10.6 Å². The van der Waals surface area contributed by atoms with Gasteiger partial charge in [0, 0.05) is 35.7 Å². The highest BCUT2D eigenvalue weighted by Crippen LogP contribution is 2.36. The summed E-state index contributed by atoms with van der Waals surface area (Å²) in [7, 11) is 0. The number of hydrogen-bond acceptors (Lipinski definition) is 6. The number of hydrogen-bond donors (Lipinski definition) is 3. The van der Waals surface area contributed by atoms with Gasteiger partial charge in [-0.05, 0) is 17.7 Å². The van der Waals surface area contributed by atoms with Crippen LogP contribution in [0.25, 0.3) is 21.3 Å². The molecule has 0 fully saturated rings. The molecule has 0 aliphatic rings. The molecule has 2 heterocycles. The maximum Gasteiger partial charge on any atom is 0.226 e. The minimum absolute atomic E-state index is 0.116. The Morgan fingerprint density at radius 1 is 1.07 bits per heavy atom. The highest BCUT2D eigenvalue weighted by Gasteiger charge is 2.13. The number of thiophene rings is 1. The van der Waals surface area contributed by atoms with E-state index < -0.39 is 0 Å². The number of fused-ring (bicyclic) bond motifs is 1. The lowest BCUT2D eigenvalue weighted by Gasteiger charge is -2.09. The fourth-order valence-corrected chi connectivity index (χ4v) is 3.86. The molecular weight excluding hydrogens is 372 g/mol. The van der Waals surface area contributed by atoms with Crippen molar-refractivity contribution in [3.63, 3.8) is 0 Å². The summed E-state index contributed by atoms with van der Waals surface area (Å²) >= 11 is 1.57. The molecule has 2 aromatic heterocycles. The average molecular weight is 390 g/mol. The second-order valence-corrected chi connectivity index (χ2v) is 7.05. The van der Waals surface area contributed by atoms with Crippen molar-refractivity contribution in [2.24, 2.45) is 0 Å². The van der Waals surface area contributed by atoms with Crippen LogP contribution in [-0.4, -0.2) is 27.5 Å². The van der Waals surface area contributed by atoms with Crippen molar-refractivity contribution < 1.29 is 9.90 Å². The summed E-state index contributed by atoms with van der Waals surface area (Å²) in [6, 6.07) is 16.6. The molecule has 0 unspecified atom stereocenters. The summed E-state index contributed by atoms with van der Waals surface area (Å²) in [5, 5.41) is 18.5. The number of benzene rings is 2. The Bertz CT molecular complexity index is 1110. The fourth-order valence-electron chi connectivity index (χ4n) is 2.94. The van der Waals surface area contributed by atoms with E-state index in [1.54, 1.807) is 29.5 Å². The molecule has 0 saturated heterocycles. The number of amides is 1. The first kappa shape index (κ1) is 17.9. The summed E-state index contributed by atoms with van der Waals surface area (Å²) < 4.78 is 0. The predicted molar refractivity (Wildman–Crippen MR) is 113 cm³/mol. The zero-order chi connectivity index (χ0) is 19.3. The van der Waals surface area contributed by atoms with Gasteiger partial charge in [0.2, 0.25) is 5.91 Å². The minimum Gasteiger partial charge on any atom is -0.508 e. The molecule has 0 aliphatic carbocycles. The Kier molecular flexibility index (Phi) is 5.16. The molecule has 28 heavy (non-hydrogen) atoms. The first-order valence-corrected chi connectivity index (χ1v) is 9.69. The first-order chi connectivity index (χ1) is 13.7. The van der Waals surface area contributed by atoms with Gasteiger partial charge in [0.25, 0.3) is 0 Å². The van der Waals surface area contributed by atoms with E-state index in [9.17, 15) is 9.90 Å². The van der Waals surface area contributed by atoms with Crippen LogP contribution in [0.5, 0.6) is 5.75 Å². The summed E-state index contributed by atoms with van der Waals surface area (Å²) in [6.07, 6.45) is 1.80. The number of rotatable bonds is 6. The van der Waals surface area contributed by atoms with Gasteiger partial charge < -0.3 is 15.7 Å². The van der Waals surface area contributed by atoms with E-state index in [1.165, 1.54) is 12.4 Å². The van der Waals surface area contributed by atoms with Crippen LogP contribution in [0, 0.1) is 0 Å². The largest absolute Gasteiger partial charge is 0.508 e. The van der Waals surface area contributed by atoms with Gasteiger partial charge in [-0.2, -0.15) is 0 Å². The monoisotopic (exact) mass is 390 g/mol. The number of nitrogens with zero attached hydrogens (tertiary/aromatic N) is 2. The summed E-state index contributed by atoms with van der Waals surface area (Å²) in [4.78, 5) is 21.8. The summed E-state index contributed by atoms with van der Waals surface area (Å²) in [5.41, 5.74) is 2.75. The standard InChI is InChI=1S/C21H18N4O2S/c26-16-8-4-7-15(11-16)25-18(27)9-10-22-20-19-17(14-5-2-1-3-6-14)12-28-21(19)24-13-23-20/h1-8,11-13,26H,9-10H2,(H,25,27)(H,22,23,24). The maximum atomic E-state index is 12.2. The lowest BCUT2D eigenvalue weighted by atomic mass is 10.1. The fraction of sp³-hybridized carbons (Fsp3) is 0.0952. The van der Waals surface area contributed by atoms with Crippen LogP contribution in [0.15, 0.2) is 66.3 Å². The number of nitrogens with one attached hydrogen (secondary N) is 2. The molecule has 1 amide bonds. The Hall–Kier alpha value is -3.45. The van der Waals surface area contributed by atoms with Gasteiger partial charge in [-0.15, -0.1) is 11.3 Å². The quantitative estimate of drug-likeness (QED) is 0.451. The molecule has 140 valence electrons. The van der Waals surface area contributed by atoms with Gasteiger partial charge in [-0.25, -0.2) is 9.97 Å². The van der Waals surface area contributed by atoms with Gasteiger partial charge in [0.1, 0.15) is 22.7 Å². The van der Waals surface area contributed by atoms with Crippen LogP contribution >= 0.6 is 11.3 Å². The molecule has 4 aromatic rings. The highest BCUT2D eigenvalue weighted by molar-refractivity contribution is 7.17. The molecule has 4 rings (SSSR count). The maximum absolute atomic E-state index is 12.2. The number of aromatic nitrogens is 2. The van der Waals surface area contributed by atoms with E-state index in [0.717, 1.165) is 27.2 Å². The minimum atomic E-state index is -0.142. The van der Waals surface area contributed by atoms with Crippen molar-refractivity contribution in [2.45, 2.75) is 6.42 Å². The molecule has 3 N–H and O–H groups in total. The molecule has 0 radical (unpaired) electrons. The molecule has 6 nitrogen and oxygen atoms in total. The lowest BCUT2D eigenvalue weighted by Crippen LogP contribution is -2.16. The third kappa shape index (κ3) is 3.94. The van der Waals surface area contributed by atoms with Crippen molar-refractivity contribution in [1.29, 1.82) is 0 Å². The predicted octanol–water partition coefficient (Wildman–Crippen LogP) is 4.50. The van der Waals surface area contributed by atoms with Crippen molar-refractivity contribution in [3.8, 4) is 16.9 Å². The topological polar surface area (TPSA) is 87.1 Å². The van der Waals surface area contributed by atoms with Crippen molar-refractivity contribution in [2.75, 3.05) is 17.2 Å². The number of aromatic hydroxyl groups is 1. The summed E-state index contributed by atoms with van der Waals surface area (Å²) in [6.45, 7) is 0.431. The highest BCUT2D eigenvalue weighted by atomic mass is 32.1. The van der Waals surface area contributed by atoms with Crippen LogP contribution in [0.4, 0.5) is 11.5 Å². The molecular formula is C21H18N4O2S. The van der Waals surface area contributed by atoms with Gasteiger partial charge in [0.15, 0.2) is 0 Å².